The Morgan fingerprint density at radius 3 is 2.79 bits per heavy atom. The van der Waals surface area contributed by atoms with Crippen LogP contribution in [-0.2, 0) is 0 Å². The SMILES string of the molecule is CC(Nc1ccc2c(c1)OC(C)(C)O2)c1cncs1. The lowest BCUT2D eigenvalue weighted by Crippen LogP contribution is -2.29. The minimum Gasteiger partial charge on any atom is -0.449 e. The molecule has 1 atom stereocenters. The highest BCUT2D eigenvalue weighted by molar-refractivity contribution is 7.09. The lowest BCUT2D eigenvalue weighted by Gasteiger charge is -2.16. The van der Waals surface area contributed by atoms with Crippen LogP contribution < -0.4 is 14.8 Å². The minimum atomic E-state index is -0.579. The van der Waals surface area contributed by atoms with Crippen LogP contribution in [0.25, 0.3) is 0 Å². The lowest BCUT2D eigenvalue weighted by molar-refractivity contribution is -0.0431. The Hall–Kier alpha value is -1.75. The lowest BCUT2D eigenvalue weighted by atomic mass is 10.2. The number of fused-ring (bicyclic) bond motifs is 1. The summed E-state index contributed by atoms with van der Waals surface area (Å²) in [6.45, 7) is 5.92. The number of hydrogen-bond acceptors (Lipinski definition) is 5. The molecule has 0 radical (unpaired) electrons. The van der Waals surface area contributed by atoms with E-state index in [4.69, 9.17) is 9.47 Å². The summed E-state index contributed by atoms with van der Waals surface area (Å²) < 4.78 is 11.4. The van der Waals surface area contributed by atoms with Gasteiger partial charge in [0.05, 0.1) is 11.6 Å². The summed E-state index contributed by atoms with van der Waals surface area (Å²) in [5, 5.41) is 3.44. The third-order valence-electron chi connectivity index (χ3n) is 2.92. The molecule has 0 aliphatic carbocycles. The molecule has 100 valence electrons. The third-order valence-corrected chi connectivity index (χ3v) is 3.87. The number of ether oxygens (including phenoxy) is 2. The monoisotopic (exact) mass is 276 g/mol. The van der Waals surface area contributed by atoms with Crippen LogP contribution in [0.5, 0.6) is 11.5 Å². The molecule has 0 bridgehead atoms. The van der Waals surface area contributed by atoms with E-state index in [0.717, 1.165) is 17.2 Å². The van der Waals surface area contributed by atoms with Crippen LogP contribution in [-0.4, -0.2) is 10.8 Å². The van der Waals surface area contributed by atoms with E-state index < -0.39 is 5.79 Å². The van der Waals surface area contributed by atoms with Gasteiger partial charge in [-0.05, 0) is 19.1 Å². The Kier molecular flexibility index (Phi) is 2.86. The number of nitrogens with zero attached hydrogens (tertiary/aromatic N) is 1. The smallest absolute Gasteiger partial charge is 0.246 e. The molecule has 0 saturated carbocycles. The molecule has 1 aromatic carbocycles. The van der Waals surface area contributed by atoms with Crippen molar-refractivity contribution >= 4 is 17.0 Å². The predicted molar refractivity (Wildman–Crippen MR) is 75.9 cm³/mol. The van der Waals surface area contributed by atoms with Gasteiger partial charge in [0.25, 0.3) is 0 Å². The fourth-order valence-corrected chi connectivity index (χ4v) is 2.70. The van der Waals surface area contributed by atoms with Gasteiger partial charge in [0.2, 0.25) is 5.79 Å². The Morgan fingerprint density at radius 1 is 1.26 bits per heavy atom. The quantitative estimate of drug-likeness (QED) is 0.925. The molecule has 3 rings (SSSR count). The van der Waals surface area contributed by atoms with Gasteiger partial charge in [-0.15, -0.1) is 11.3 Å². The van der Waals surface area contributed by atoms with Gasteiger partial charge >= 0.3 is 0 Å². The number of thiazole rings is 1. The van der Waals surface area contributed by atoms with E-state index in [1.54, 1.807) is 11.3 Å². The molecule has 1 aromatic heterocycles. The van der Waals surface area contributed by atoms with Gasteiger partial charge in [-0.3, -0.25) is 4.98 Å². The summed E-state index contributed by atoms with van der Waals surface area (Å²) in [4.78, 5) is 5.30. The molecule has 0 amide bonds. The topological polar surface area (TPSA) is 43.4 Å². The first-order chi connectivity index (χ1) is 9.03. The fraction of sp³-hybridized carbons (Fsp3) is 0.357. The van der Waals surface area contributed by atoms with E-state index in [1.165, 1.54) is 4.88 Å². The fourth-order valence-electron chi connectivity index (χ4n) is 2.07. The summed E-state index contributed by atoms with van der Waals surface area (Å²) in [5.41, 5.74) is 2.86. The number of aromatic nitrogens is 1. The average molecular weight is 276 g/mol. The van der Waals surface area contributed by atoms with Crippen LogP contribution in [0.15, 0.2) is 29.9 Å². The average Bonchev–Trinajstić information content (AvgIpc) is 2.93. The standard InChI is InChI=1S/C14H16N2O2S/c1-9(13-7-15-8-19-13)16-10-4-5-11-12(6-10)18-14(2,3)17-11/h4-9,16H,1-3H3. The summed E-state index contributed by atoms with van der Waals surface area (Å²) in [6, 6.07) is 6.13. The van der Waals surface area contributed by atoms with Crippen LogP contribution in [0.4, 0.5) is 5.69 Å². The van der Waals surface area contributed by atoms with Gasteiger partial charge < -0.3 is 14.8 Å². The van der Waals surface area contributed by atoms with Gasteiger partial charge in [0.1, 0.15) is 0 Å². The van der Waals surface area contributed by atoms with Crippen LogP contribution in [0.2, 0.25) is 0 Å². The third kappa shape index (κ3) is 2.51. The summed E-state index contributed by atoms with van der Waals surface area (Å²) in [6.07, 6.45) is 1.89. The second kappa shape index (κ2) is 4.42. The van der Waals surface area contributed by atoms with Crippen molar-refractivity contribution in [2.24, 2.45) is 0 Å². The van der Waals surface area contributed by atoms with Crippen LogP contribution in [0.3, 0.4) is 0 Å². The second-order valence-corrected chi connectivity index (χ2v) is 5.95. The molecule has 0 fully saturated rings. The van der Waals surface area contributed by atoms with E-state index >= 15 is 0 Å². The molecule has 1 unspecified atom stereocenters. The summed E-state index contributed by atoms with van der Waals surface area (Å²) in [7, 11) is 0. The van der Waals surface area contributed by atoms with Gasteiger partial charge in [0, 0.05) is 36.7 Å². The molecule has 0 spiro atoms. The molecule has 1 N–H and O–H groups in total. The Balaban J connectivity index is 1.77. The maximum absolute atomic E-state index is 5.74. The van der Waals surface area contributed by atoms with Crippen molar-refractivity contribution in [2.45, 2.75) is 32.6 Å². The first kappa shape index (κ1) is 12.3. The largest absolute Gasteiger partial charge is 0.449 e. The van der Waals surface area contributed by atoms with Crippen molar-refractivity contribution in [1.29, 1.82) is 0 Å². The Labute approximate surface area is 116 Å². The first-order valence-corrected chi connectivity index (χ1v) is 7.08. The first-order valence-electron chi connectivity index (χ1n) is 6.20. The highest BCUT2D eigenvalue weighted by Gasteiger charge is 2.31. The molecule has 1 aliphatic heterocycles. The number of rotatable bonds is 3. The highest BCUT2D eigenvalue weighted by atomic mass is 32.1. The zero-order valence-corrected chi connectivity index (χ0v) is 12.0. The maximum atomic E-state index is 5.74. The van der Waals surface area contributed by atoms with Gasteiger partial charge in [-0.1, -0.05) is 0 Å². The zero-order valence-electron chi connectivity index (χ0n) is 11.1. The van der Waals surface area contributed by atoms with Crippen molar-refractivity contribution < 1.29 is 9.47 Å². The van der Waals surface area contributed by atoms with E-state index in [0.29, 0.717) is 0 Å². The van der Waals surface area contributed by atoms with E-state index in [1.807, 2.05) is 43.8 Å². The normalized spacial score (nSPS) is 17.2. The number of hydrogen-bond donors (Lipinski definition) is 1. The van der Waals surface area contributed by atoms with Crippen molar-refractivity contribution in [3.8, 4) is 11.5 Å². The van der Waals surface area contributed by atoms with Gasteiger partial charge in [0.15, 0.2) is 11.5 Å². The number of anilines is 1. The van der Waals surface area contributed by atoms with E-state index in [9.17, 15) is 0 Å². The highest BCUT2D eigenvalue weighted by Crippen LogP contribution is 2.41. The molecular formula is C14H16N2O2S. The Morgan fingerprint density at radius 2 is 2.05 bits per heavy atom. The van der Waals surface area contributed by atoms with Crippen LogP contribution in [0, 0.1) is 0 Å². The predicted octanol–water partition coefficient (Wildman–Crippen LogP) is 3.82. The summed E-state index contributed by atoms with van der Waals surface area (Å²) in [5.74, 6) is 0.997. The van der Waals surface area contributed by atoms with Crippen molar-refractivity contribution in [3.05, 3.63) is 34.8 Å². The molecule has 0 saturated heterocycles. The van der Waals surface area contributed by atoms with Crippen LogP contribution in [0.1, 0.15) is 31.7 Å². The van der Waals surface area contributed by atoms with Gasteiger partial charge in [-0.2, -0.15) is 0 Å². The van der Waals surface area contributed by atoms with E-state index in [2.05, 4.69) is 17.2 Å². The summed E-state index contributed by atoms with van der Waals surface area (Å²) >= 11 is 1.65. The van der Waals surface area contributed by atoms with Crippen molar-refractivity contribution in [1.82, 2.24) is 4.98 Å². The van der Waals surface area contributed by atoms with Crippen molar-refractivity contribution in [2.75, 3.05) is 5.32 Å². The zero-order chi connectivity index (χ0) is 13.5. The maximum Gasteiger partial charge on any atom is 0.246 e. The number of nitrogens with one attached hydrogen (secondary N) is 1. The van der Waals surface area contributed by atoms with Crippen molar-refractivity contribution in [3.63, 3.8) is 0 Å². The molecule has 2 heterocycles. The van der Waals surface area contributed by atoms with Gasteiger partial charge in [-0.25, -0.2) is 0 Å². The molecule has 2 aromatic rings. The number of benzene rings is 1. The van der Waals surface area contributed by atoms with E-state index in [-0.39, 0.29) is 6.04 Å². The molecule has 5 heteroatoms. The van der Waals surface area contributed by atoms with Crippen LogP contribution >= 0.6 is 11.3 Å². The molecule has 4 nitrogen and oxygen atoms in total. The Bertz CT molecular complexity index is 581. The second-order valence-electron chi connectivity index (χ2n) is 5.04. The molecule has 19 heavy (non-hydrogen) atoms. The minimum absolute atomic E-state index is 0.223. The molecule has 1 aliphatic rings. The molecular weight excluding hydrogens is 260 g/mol.